The highest BCUT2D eigenvalue weighted by atomic mass is 16.4. The molecule has 1 heterocycles. The first kappa shape index (κ1) is 12.8. The second-order valence-corrected chi connectivity index (χ2v) is 4.29. The molecule has 92 valence electrons. The molecule has 0 aromatic heterocycles. The Kier molecular flexibility index (Phi) is 4.12. The summed E-state index contributed by atoms with van der Waals surface area (Å²) in [4.78, 5) is 25.4. The quantitative estimate of drug-likeness (QED) is 0.713. The lowest BCUT2D eigenvalue weighted by atomic mass is 10.3. The van der Waals surface area contributed by atoms with Gasteiger partial charge in [0.05, 0.1) is 6.10 Å². The normalized spacial score (nSPS) is 20.2. The first-order chi connectivity index (χ1) is 7.41. The van der Waals surface area contributed by atoms with Crippen LogP contribution in [0.3, 0.4) is 0 Å². The fourth-order valence-corrected chi connectivity index (χ4v) is 1.71. The van der Waals surface area contributed by atoms with Crippen molar-refractivity contribution in [3.05, 3.63) is 0 Å². The van der Waals surface area contributed by atoms with Crippen molar-refractivity contribution in [1.82, 2.24) is 9.80 Å². The highest BCUT2D eigenvalue weighted by Crippen LogP contribution is 2.13. The molecule has 1 atom stereocenters. The highest BCUT2D eigenvalue weighted by molar-refractivity contribution is 5.80. The molecule has 2 N–H and O–H groups in total. The van der Waals surface area contributed by atoms with Gasteiger partial charge in [0.2, 0.25) is 0 Å². The van der Waals surface area contributed by atoms with Crippen LogP contribution in [-0.4, -0.2) is 63.8 Å². The summed E-state index contributed by atoms with van der Waals surface area (Å²) >= 11 is 0. The SMILES string of the molecule is CC(C)N(CC(=O)O)C(=O)N1CCC(O)C1. The molecule has 0 aliphatic carbocycles. The average molecular weight is 230 g/mol. The topological polar surface area (TPSA) is 81.1 Å². The van der Waals surface area contributed by atoms with Crippen LogP contribution < -0.4 is 0 Å². The molecule has 1 saturated heterocycles. The van der Waals surface area contributed by atoms with Crippen LogP contribution in [0, 0.1) is 0 Å². The number of nitrogens with zero attached hydrogens (tertiary/aromatic N) is 2. The average Bonchev–Trinajstić information content (AvgIpc) is 2.59. The van der Waals surface area contributed by atoms with Gasteiger partial charge in [0.25, 0.3) is 0 Å². The van der Waals surface area contributed by atoms with E-state index in [2.05, 4.69) is 0 Å². The van der Waals surface area contributed by atoms with E-state index in [1.54, 1.807) is 13.8 Å². The predicted molar refractivity (Wildman–Crippen MR) is 57.1 cm³/mol. The molecule has 2 amide bonds. The van der Waals surface area contributed by atoms with Crippen LogP contribution in [0.4, 0.5) is 4.79 Å². The smallest absolute Gasteiger partial charge is 0.323 e. The molecule has 6 heteroatoms. The third-order valence-corrected chi connectivity index (χ3v) is 2.61. The highest BCUT2D eigenvalue weighted by Gasteiger charge is 2.30. The lowest BCUT2D eigenvalue weighted by molar-refractivity contribution is -0.138. The number of carbonyl (C=O) groups excluding carboxylic acids is 1. The van der Waals surface area contributed by atoms with Crippen molar-refractivity contribution < 1.29 is 19.8 Å². The van der Waals surface area contributed by atoms with Crippen LogP contribution in [0.2, 0.25) is 0 Å². The van der Waals surface area contributed by atoms with Crippen LogP contribution in [0.5, 0.6) is 0 Å². The number of amides is 2. The summed E-state index contributed by atoms with van der Waals surface area (Å²) in [6, 6.07) is -0.477. The zero-order valence-electron chi connectivity index (χ0n) is 9.59. The Bertz CT molecular complexity index is 280. The van der Waals surface area contributed by atoms with E-state index in [9.17, 15) is 14.7 Å². The van der Waals surface area contributed by atoms with Crippen LogP contribution >= 0.6 is 0 Å². The van der Waals surface area contributed by atoms with E-state index in [1.807, 2.05) is 0 Å². The van der Waals surface area contributed by atoms with Gasteiger partial charge in [0.15, 0.2) is 0 Å². The maximum atomic E-state index is 11.9. The minimum atomic E-state index is -1.03. The van der Waals surface area contributed by atoms with Crippen molar-refractivity contribution in [2.45, 2.75) is 32.4 Å². The number of carboxylic acids is 1. The lowest BCUT2D eigenvalue weighted by Gasteiger charge is -2.29. The number of carboxylic acid groups (broad SMARTS) is 1. The van der Waals surface area contributed by atoms with E-state index in [0.717, 1.165) is 0 Å². The summed E-state index contributed by atoms with van der Waals surface area (Å²) in [5.41, 5.74) is 0. The minimum Gasteiger partial charge on any atom is -0.480 e. The van der Waals surface area contributed by atoms with Crippen molar-refractivity contribution in [3.8, 4) is 0 Å². The Labute approximate surface area is 94.4 Å². The van der Waals surface area contributed by atoms with E-state index >= 15 is 0 Å². The van der Waals surface area contributed by atoms with Gasteiger partial charge in [-0.25, -0.2) is 4.79 Å². The molecule has 6 nitrogen and oxygen atoms in total. The summed E-state index contributed by atoms with van der Waals surface area (Å²) < 4.78 is 0. The number of aliphatic carboxylic acids is 1. The number of aliphatic hydroxyl groups excluding tert-OH is 1. The molecule has 0 bridgehead atoms. The molecule has 0 radical (unpaired) electrons. The second kappa shape index (κ2) is 5.16. The van der Waals surface area contributed by atoms with Crippen LogP contribution in [0.1, 0.15) is 20.3 Å². The maximum Gasteiger partial charge on any atom is 0.323 e. The van der Waals surface area contributed by atoms with Gasteiger partial charge in [-0.1, -0.05) is 0 Å². The van der Waals surface area contributed by atoms with Crippen molar-refractivity contribution in [1.29, 1.82) is 0 Å². The first-order valence-corrected chi connectivity index (χ1v) is 5.37. The van der Waals surface area contributed by atoms with E-state index in [4.69, 9.17) is 5.11 Å². The number of rotatable bonds is 3. The fourth-order valence-electron chi connectivity index (χ4n) is 1.71. The van der Waals surface area contributed by atoms with Crippen molar-refractivity contribution >= 4 is 12.0 Å². The Hall–Kier alpha value is -1.30. The number of likely N-dealkylation sites (tertiary alicyclic amines) is 1. The van der Waals surface area contributed by atoms with Gasteiger partial charge in [-0.3, -0.25) is 4.79 Å². The monoisotopic (exact) mass is 230 g/mol. The number of β-amino-alcohol motifs (C(OH)–C–C–N with tert-alkyl or cyclic N) is 1. The fraction of sp³-hybridized carbons (Fsp3) is 0.800. The van der Waals surface area contributed by atoms with Gasteiger partial charge in [0, 0.05) is 19.1 Å². The minimum absolute atomic E-state index is 0.165. The summed E-state index contributed by atoms with van der Waals surface area (Å²) in [7, 11) is 0. The van der Waals surface area contributed by atoms with E-state index in [1.165, 1.54) is 9.80 Å². The molecule has 16 heavy (non-hydrogen) atoms. The summed E-state index contributed by atoms with van der Waals surface area (Å²) in [6.07, 6.45) is 0.0767. The van der Waals surface area contributed by atoms with Gasteiger partial charge in [-0.05, 0) is 20.3 Å². The molecular weight excluding hydrogens is 212 g/mol. The number of aliphatic hydroxyl groups is 1. The first-order valence-electron chi connectivity index (χ1n) is 5.37. The number of hydrogen-bond donors (Lipinski definition) is 2. The van der Waals surface area contributed by atoms with E-state index < -0.39 is 12.1 Å². The Morgan fingerprint density at radius 2 is 2.12 bits per heavy atom. The zero-order valence-corrected chi connectivity index (χ0v) is 9.59. The van der Waals surface area contributed by atoms with Crippen molar-refractivity contribution in [2.24, 2.45) is 0 Å². The maximum absolute atomic E-state index is 11.9. The van der Waals surface area contributed by atoms with E-state index in [-0.39, 0.29) is 18.6 Å². The van der Waals surface area contributed by atoms with Crippen LogP contribution in [0.25, 0.3) is 0 Å². The summed E-state index contributed by atoms with van der Waals surface area (Å²) in [6.45, 7) is 4.02. The van der Waals surface area contributed by atoms with E-state index in [0.29, 0.717) is 19.5 Å². The van der Waals surface area contributed by atoms with Gasteiger partial charge in [-0.15, -0.1) is 0 Å². The van der Waals surface area contributed by atoms with Crippen molar-refractivity contribution in [3.63, 3.8) is 0 Å². The van der Waals surface area contributed by atoms with Crippen LogP contribution in [0.15, 0.2) is 0 Å². The predicted octanol–water partition coefficient (Wildman–Crippen LogP) is -0.0320. The third kappa shape index (κ3) is 3.10. The largest absolute Gasteiger partial charge is 0.480 e. The molecule has 0 spiro atoms. The van der Waals surface area contributed by atoms with Gasteiger partial charge < -0.3 is 20.0 Å². The molecule has 1 rings (SSSR count). The third-order valence-electron chi connectivity index (χ3n) is 2.61. The van der Waals surface area contributed by atoms with Crippen molar-refractivity contribution in [2.75, 3.05) is 19.6 Å². The van der Waals surface area contributed by atoms with Gasteiger partial charge in [-0.2, -0.15) is 0 Å². The second-order valence-electron chi connectivity index (χ2n) is 4.29. The molecule has 1 unspecified atom stereocenters. The molecule has 0 aromatic rings. The summed E-state index contributed by atoms with van der Waals surface area (Å²) in [5, 5.41) is 18.0. The number of hydrogen-bond acceptors (Lipinski definition) is 3. The number of urea groups is 1. The Morgan fingerprint density at radius 3 is 2.50 bits per heavy atom. The molecule has 0 aromatic carbocycles. The van der Waals surface area contributed by atoms with Gasteiger partial charge in [0.1, 0.15) is 6.54 Å². The molecule has 1 aliphatic heterocycles. The Morgan fingerprint density at radius 1 is 1.50 bits per heavy atom. The standard InChI is InChI=1S/C10H18N2O4/c1-7(2)12(6-9(14)15)10(16)11-4-3-8(13)5-11/h7-8,13H,3-6H2,1-2H3,(H,14,15). The molecule has 0 saturated carbocycles. The zero-order chi connectivity index (χ0) is 12.3. The van der Waals surface area contributed by atoms with Gasteiger partial charge >= 0.3 is 12.0 Å². The lowest BCUT2D eigenvalue weighted by Crippen LogP contribution is -2.47. The molecule has 1 aliphatic rings. The molecule has 1 fully saturated rings. The summed E-state index contributed by atoms with van der Waals surface area (Å²) in [5.74, 6) is -1.03. The molecular formula is C10H18N2O4. The number of carbonyl (C=O) groups is 2. The van der Waals surface area contributed by atoms with Crippen LogP contribution in [-0.2, 0) is 4.79 Å². The Balaban J connectivity index is 2.63.